The third-order valence-electron chi connectivity index (χ3n) is 4.21. The van der Waals surface area contributed by atoms with Gasteiger partial charge in [0, 0.05) is 45.0 Å². The minimum absolute atomic E-state index is 0.975. The zero-order valence-electron chi connectivity index (χ0n) is 12.9. The first kappa shape index (κ1) is 14.1. The number of aryl methyl sites for hydroxylation is 2. The number of hydrogen-bond acceptors (Lipinski definition) is 4. The summed E-state index contributed by atoms with van der Waals surface area (Å²) in [5, 5.41) is 7.96. The molecule has 0 saturated carbocycles. The van der Waals surface area contributed by atoms with E-state index in [1.807, 2.05) is 13.3 Å². The van der Waals surface area contributed by atoms with Crippen LogP contribution in [-0.4, -0.2) is 52.4 Å². The molecule has 2 heterocycles. The van der Waals surface area contributed by atoms with Gasteiger partial charge in [-0.05, 0) is 31.5 Å². The molecular weight excluding hydrogens is 262 g/mol. The second-order valence-corrected chi connectivity index (χ2v) is 5.74. The van der Waals surface area contributed by atoms with Gasteiger partial charge >= 0.3 is 0 Å². The Morgan fingerprint density at radius 3 is 2.52 bits per heavy atom. The number of rotatable bonds is 4. The average Bonchev–Trinajstić information content (AvgIpc) is 2.91. The highest BCUT2D eigenvalue weighted by Crippen LogP contribution is 2.17. The van der Waals surface area contributed by atoms with Crippen molar-refractivity contribution < 1.29 is 0 Å². The molecule has 0 unspecified atom stereocenters. The van der Waals surface area contributed by atoms with Gasteiger partial charge in [-0.15, -0.1) is 10.2 Å². The fourth-order valence-electron chi connectivity index (χ4n) is 2.84. The van der Waals surface area contributed by atoms with Crippen LogP contribution in [-0.2, 0) is 6.54 Å². The van der Waals surface area contributed by atoms with Crippen LogP contribution in [0.15, 0.2) is 30.6 Å². The molecule has 0 N–H and O–H groups in total. The molecule has 1 aliphatic rings. The van der Waals surface area contributed by atoms with Crippen molar-refractivity contribution in [3.63, 3.8) is 0 Å². The Morgan fingerprint density at radius 1 is 1.05 bits per heavy atom. The number of nitrogens with zero attached hydrogens (tertiary/aromatic N) is 5. The normalized spacial score (nSPS) is 16.4. The maximum atomic E-state index is 4.03. The largest absolute Gasteiger partial charge is 0.369 e. The van der Waals surface area contributed by atoms with Crippen molar-refractivity contribution in [3.05, 3.63) is 42.0 Å². The Labute approximate surface area is 126 Å². The third kappa shape index (κ3) is 3.42. The van der Waals surface area contributed by atoms with Crippen molar-refractivity contribution in [2.45, 2.75) is 20.4 Å². The lowest BCUT2D eigenvalue weighted by molar-refractivity contribution is 0.247. The van der Waals surface area contributed by atoms with Gasteiger partial charge in [-0.3, -0.25) is 4.90 Å². The lowest BCUT2D eigenvalue weighted by Gasteiger charge is -2.36. The maximum Gasteiger partial charge on any atom is 0.129 e. The van der Waals surface area contributed by atoms with Crippen LogP contribution in [0.3, 0.4) is 0 Å². The highest BCUT2D eigenvalue weighted by Gasteiger charge is 2.17. The minimum atomic E-state index is 0.975. The van der Waals surface area contributed by atoms with Crippen LogP contribution in [0.5, 0.6) is 0 Å². The van der Waals surface area contributed by atoms with Crippen molar-refractivity contribution in [1.82, 2.24) is 19.7 Å². The van der Waals surface area contributed by atoms with E-state index in [1.54, 1.807) is 0 Å². The van der Waals surface area contributed by atoms with Gasteiger partial charge in [-0.1, -0.05) is 12.1 Å². The van der Waals surface area contributed by atoms with Gasteiger partial charge in [0.2, 0.25) is 0 Å². The molecule has 0 spiro atoms. The molecule has 5 heteroatoms. The molecule has 1 saturated heterocycles. The van der Waals surface area contributed by atoms with E-state index in [0.717, 1.165) is 45.1 Å². The van der Waals surface area contributed by atoms with Crippen LogP contribution < -0.4 is 4.90 Å². The van der Waals surface area contributed by atoms with Crippen LogP contribution in [0.4, 0.5) is 5.69 Å². The average molecular weight is 285 g/mol. The van der Waals surface area contributed by atoms with E-state index in [0.29, 0.717) is 0 Å². The SMILES string of the molecule is Cc1cccc(N2CCN(CCn3cnnc3C)CC2)c1. The van der Waals surface area contributed by atoms with E-state index in [1.165, 1.54) is 11.3 Å². The minimum Gasteiger partial charge on any atom is -0.369 e. The molecule has 0 bridgehead atoms. The van der Waals surface area contributed by atoms with Gasteiger partial charge in [0.25, 0.3) is 0 Å². The fraction of sp³-hybridized carbons (Fsp3) is 0.500. The Kier molecular flexibility index (Phi) is 4.20. The Morgan fingerprint density at radius 2 is 1.86 bits per heavy atom. The first-order valence-electron chi connectivity index (χ1n) is 7.61. The summed E-state index contributed by atoms with van der Waals surface area (Å²) in [5.41, 5.74) is 2.68. The van der Waals surface area contributed by atoms with E-state index in [9.17, 15) is 0 Å². The van der Waals surface area contributed by atoms with Gasteiger partial charge in [0.1, 0.15) is 12.2 Å². The molecule has 112 valence electrons. The van der Waals surface area contributed by atoms with Gasteiger partial charge in [0.05, 0.1) is 0 Å². The summed E-state index contributed by atoms with van der Waals surface area (Å²) in [4.78, 5) is 5.00. The molecule has 1 fully saturated rings. The molecule has 1 aromatic carbocycles. The topological polar surface area (TPSA) is 37.2 Å². The van der Waals surface area contributed by atoms with Crippen LogP contribution in [0, 0.1) is 13.8 Å². The maximum absolute atomic E-state index is 4.03. The fourth-order valence-corrected chi connectivity index (χ4v) is 2.84. The molecule has 1 aromatic heterocycles. The number of hydrogen-bond donors (Lipinski definition) is 0. The van der Waals surface area contributed by atoms with E-state index in [4.69, 9.17) is 0 Å². The lowest BCUT2D eigenvalue weighted by atomic mass is 10.2. The highest BCUT2D eigenvalue weighted by atomic mass is 15.3. The standard InChI is InChI=1S/C16H23N5/c1-14-4-3-5-16(12-14)20-9-6-19(7-10-20)8-11-21-13-17-18-15(21)2/h3-5,12-13H,6-11H2,1-2H3. The molecule has 1 aliphatic heterocycles. The summed E-state index contributed by atoms with van der Waals surface area (Å²) in [5.74, 6) is 0.994. The Bertz CT molecular complexity index is 584. The third-order valence-corrected chi connectivity index (χ3v) is 4.21. The highest BCUT2D eigenvalue weighted by molar-refractivity contribution is 5.48. The number of aromatic nitrogens is 3. The zero-order chi connectivity index (χ0) is 14.7. The molecule has 3 rings (SSSR count). The van der Waals surface area contributed by atoms with Crippen LogP contribution in [0.25, 0.3) is 0 Å². The first-order valence-corrected chi connectivity index (χ1v) is 7.61. The van der Waals surface area contributed by atoms with Gasteiger partial charge in [0.15, 0.2) is 0 Å². The second-order valence-electron chi connectivity index (χ2n) is 5.74. The predicted molar refractivity (Wildman–Crippen MR) is 84.6 cm³/mol. The van der Waals surface area contributed by atoms with Crippen LogP contribution in [0.2, 0.25) is 0 Å². The first-order chi connectivity index (χ1) is 10.2. The van der Waals surface area contributed by atoms with E-state index < -0.39 is 0 Å². The number of anilines is 1. The molecule has 0 amide bonds. The quantitative estimate of drug-likeness (QED) is 0.857. The van der Waals surface area contributed by atoms with Gasteiger partial charge in [-0.2, -0.15) is 0 Å². The van der Waals surface area contributed by atoms with Gasteiger partial charge < -0.3 is 9.47 Å². The summed E-state index contributed by atoms with van der Waals surface area (Å²) >= 11 is 0. The van der Waals surface area contributed by atoms with Crippen molar-refractivity contribution in [1.29, 1.82) is 0 Å². The number of piperazine rings is 1. The zero-order valence-corrected chi connectivity index (χ0v) is 12.9. The Balaban J connectivity index is 1.50. The van der Waals surface area contributed by atoms with Crippen molar-refractivity contribution in [2.75, 3.05) is 37.6 Å². The smallest absolute Gasteiger partial charge is 0.129 e. The second kappa shape index (κ2) is 6.26. The van der Waals surface area contributed by atoms with Crippen LogP contribution >= 0.6 is 0 Å². The monoisotopic (exact) mass is 285 g/mol. The van der Waals surface area contributed by atoms with E-state index >= 15 is 0 Å². The number of benzene rings is 1. The van der Waals surface area contributed by atoms with E-state index in [-0.39, 0.29) is 0 Å². The van der Waals surface area contributed by atoms with Crippen molar-refractivity contribution in [2.24, 2.45) is 0 Å². The molecular formula is C16H23N5. The molecule has 5 nitrogen and oxygen atoms in total. The molecule has 0 radical (unpaired) electrons. The molecule has 0 aliphatic carbocycles. The van der Waals surface area contributed by atoms with Crippen molar-refractivity contribution >= 4 is 5.69 Å². The summed E-state index contributed by atoms with van der Waals surface area (Å²) in [6.45, 7) is 10.6. The predicted octanol–water partition coefficient (Wildman–Crippen LogP) is 1.72. The summed E-state index contributed by atoms with van der Waals surface area (Å²) in [6, 6.07) is 8.78. The summed E-state index contributed by atoms with van der Waals surface area (Å²) in [6.07, 6.45) is 1.82. The molecule has 21 heavy (non-hydrogen) atoms. The molecule has 2 aromatic rings. The summed E-state index contributed by atoms with van der Waals surface area (Å²) in [7, 11) is 0. The lowest BCUT2D eigenvalue weighted by Crippen LogP contribution is -2.47. The van der Waals surface area contributed by atoms with Gasteiger partial charge in [-0.25, -0.2) is 0 Å². The van der Waals surface area contributed by atoms with Crippen LogP contribution in [0.1, 0.15) is 11.4 Å². The molecule has 0 atom stereocenters. The van der Waals surface area contributed by atoms with Crippen molar-refractivity contribution in [3.8, 4) is 0 Å². The summed E-state index contributed by atoms with van der Waals surface area (Å²) < 4.78 is 2.12. The Hall–Kier alpha value is -1.88. The van der Waals surface area contributed by atoms with E-state index in [2.05, 4.69) is 55.8 Å².